The molecule has 0 bridgehead atoms. The summed E-state index contributed by atoms with van der Waals surface area (Å²) in [6.07, 6.45) is 2.73. The number of carbonyl (C=O) groups is 2. The second-order valence-corrected chi connectivity index (χ2v) is 6.24. The summed E-state index contributed by atoms with van der Waals surface area (Å²) in [5.74, 6) is 0.741. The van der Waals surface area contributed by atoms with Crippen LogP contribution in [0.4, 0.5) is 5.69 Å². The maximum Gasteiger partial charge on any atom is 0.340 e. The van der Waals surface area contributed by atoms with Crippen LogP contribution in [0.15, 0.2) is 18.2 Å². The van der Waals surface area contributed by atoms with Gasteiger partial charge < -0.3 is 20.1 Å². The number of rotatable bonds is 6. The van der Waals surface area contributed by atoms with Crippen molar-refractivity contribution >= 4 is 30.0 Å². The summed E-state index contributed by atoms with van der Waals surface area (Å²) < 4.78 is 9.91. The van der Waals surface area contributed by atoms with E-state index in [4.69, 9.17) is 9.47 Å². The highest BCUT2D eigenvalue weighted by Gasteiger charge is 2.23. The summed E-state index contributed by atoms with van der Waals surface area (Å²) in [6, 6.07) is 4.93. The van der Waals surface area contributed by atoms with Crippen LogP contribution in [-0.4, -0.2) is 39.2 Å². The van der Waals surface area contributed by atoms with Crippen molar-refractivity contribution < 1.29 is 19.1 Å². The third-order valence-electron chi connectivity index (χ3n) is 4.55. The molecule has 0 aromatic heterocycles. The molecule has 1 heterocycles. The lowest BCUT2D eigenvalue weighted by Gasteiger charge is -2.28. The number of ether oxygens (including phenoxy) is 2. The van der Waals surface area contributed by atoms with Crippen molar-refractivity contribution in [2.24, 2.45) is 11.8 Å². The van der Waals surface area contributed by atoms with Gasteiger partial charge in [0, 0.05) is 6.42 Å². The lowest BCUT2D eigenvalue weighted by Crippen LogP contribution is -2.34. The highest BCUT2D eigenvalue weighted by molar-refractivity contribution is 6.01. The molecule has 1 aromatic rings. The summed E-state index contributed by atoms with van der Waals surface area (Å²) in [5, 5.41) is 6.21. The van der Waals surface area contributed by atoms with Crippen LogP contribution in [0, 0.1) is 11.8 Å². The predicted octanol–water partition coefficient (Wildman–Crippen LogP) is 2.87. The van der Waals surface area contributed by atoms with Crippen molar-refractivity contribution in [1.82, 2.24) is 5.32 Å². The maximum atomic E-state index is 12.4. The van der Waals surface area contributed by atoms with Crippen molar-refractivity contribution in [2.45, 2.75) is 26.2 Å². The van der Waals surface area contributed by atoms with Gasteiger partial charge in [-0.1, -0.05) is 6.92 Å². The SMILES string of the molecule is COC(=O)c1cc(OC)ccc1NC(=O)CC(C)C1CCCNC1.Cl. The molecule has 0 radical (unpaired) electrons. The van der Waals surface area contributed by atoms with E-state index >= 15 is 0 Å². The number of methoxy groups -OCH3 is 2. The molecule has 0 saturated carbocycles. The van der Waals surface area contributed by atoms with E-state index in [0.29, 0.717) is 23.8 Å². The van der Waals surface area contributed by atoms with E-state index in [-0.39, 0.29) is 29.8 Å². The van der Waals surface area contributed by atoms with E-state index in [0.717, 1.165) is 25.9 Å². The Morgan fingerprint density at radius 1 is 1.36 bits per heavy atom. The second-order valence-electron chi connectivity index (χ2n) is 6.24. The molecule has 1 aliphatic rings. The third-order valence-corrected chi connectivity index (χ3v) is 4.55. The fraction of sp³-hybridized carbons (Fsp3) is 0.556. The van der Waals surface area contributed by atoms with E-state index in [2.05, 4.69) is 17.6 Å². The number of amides is 1. The van der Waals surface area contributed by atoms with Crippen LogP contribution >= 0.6 is 12.4 Å². The van der Waals surface area contributed by atoms with E-state index in [1.54, 1.807) is 18.2 Å². The molecule has 1 amide bonds. The van der Waals surface area contributed by atoms with Crippen molar-refractivity contribution in [3.63, 3.8) is 0 Å². The first-order valence-electron chi connectivity index (χ1n) is 8.32. The van der Waals surface area contributed by atoms with Gasteiger partial charge >= 0.3 is 5.97 Å². The fourth-order valence-electron chi connectivity index (χ4n) is 3.06. The molecule has 0 spiro atoms. The first-order valence-corrected chi connectivity index (χ1v) is 8.32. The number of hydrogen-bond acceptors (Lipinski definition) is 5. The molecule has 25 heavy (non-hydrogen) atoms. The standard InChI is InChI=1S/C18H26N2O4.ClH/c1-12(13-5-4-8-19-11-13)9-17(21)20-16-7-6-14(23-2)10-15(16)18(22)24-3;/h6-7,10,12-13,19H,4-5,8-9,11H2,1-3H3,(H,20,21);1H. The summed E-state index contributed by atoms with van der Waals surface area (Å²) >= 11 is 0. The van der Waals surface area contributed by atoms with Gasteiger partial charge in [0.25, 0.3) is 0 Å². The first kappa shape index (κ1) is 21.3. The zero-order valence-corrected chi connectivity index (χ0v) is 15.8. The average molecular weight is 371 g/mol. The van der Waals surface area contributed by atoms with Gasteiger partial charge in [-0.3, -0.25) is 4.79 Å². The van der Waals surface area contributed by atoms with Crippen molar-refractivity contribution in [2.75, 3.05) is 32.6 Å². The Balaban J connectivity index is 0.00000312. The van der Waals surface area contributed by atoms with E-state index < -0.39 is 5.97 Å². The van der Waals surface area contributed by atoms with Crippen LogP contribution in [0.5, 0.6) is 5.75 Å². The summed E-state index contributed by atoms with van der Waals surface area (Å²) in [7, 11) is 2.83. The number of hydrogen-bond donors (Lipinski definition) is 2. The molecule has 2 rings (SSSR count). The normalized spacial score (nSPS) is 17.8. The fourth-order valence-corrected chi connectivity index (χ4v) is 3.06. The minimum atomic E-state index is -0.506. The number of esters is 1. The first-order chi connectivity index (χ1) is 11.5. The van der Waals surface area contributed by atoms with Crippen LogP contribution < -0.4 is 15.4 Å². The van der Waals surface area contributed by atoms with Crippen LogP contribution in [0.2, 0.25) is 0 Å². The quantitative estimate of drug-likeness (QED) is 0.753. The monoisotopic (exact) mass is 370 g/mol. The van der Waals surface area contributed by atoms with Crippen molar-refractivity contribution in [3.05, 3.63) is 23.8 Å². The van der Waals surface area contributed by atoms with Gasteiger partial charge in [-0.15, -0.1) is 12.4 Å². The van der Waals surface area contributed by atoms with Gasteiger partial charge in [0.1, 0.15) is 5.75 Å². The minimum Gasteiger partial charge on any atom is -0.497 e. The number of piperidine rings is 1. The van der Waals surface area contributed by atoms with Crippen molar-refractivity contribution in [3.8, 4) is 5.75 Å². The Kier molecular flexibility index (Phi) is 8.72. The molecule has 1 saturated heterocycles. The molecule has 6 nitrogen and oxygen atoms in total. The molecular weight excluding hydrogens is 344 g/mol. The van der Waals surface area contributed by atoms with Gasteiger partial charge in [0.15, 0.2) is 0 Å². The predicted molar refractivity (Wildman–Crippen MR) is 99.6 cm³/mol. The van der Waals surface area contributed by atoms with E-state index in [9.17, 15) is 9.59 Å². The van der Waals surface area contributed by atoms with E-state index in [1.807, 2.05) is 0 Å². The lowest BCUT2D eigenvalue weighted by molar-refractivity contribution is -0.117. The largest absolute Gasteiger partial charge is 0.497 e. The van der Waals surface area contributed by atoms with Gasteiger partial charge in [-0.05, 0) is 56.0 Å². The number of benzene rings is 1. The van der Waals surface area contributed by atoms with Gasteiger partial charge in [-0.2, -0.15) is 0 Å². The zero-order valence-electron chi connectivity index (χ0n) is 15.0. The Morgan fingerprint density at radius 2 is 2.12 bits per heavy atom. The van der Waals surface area contributed by atoms with Crippen LogP contribution in [0.1, 0.15) is 36.5 Å². The Labute approximate surface area is 155 Å². The van der Waals surface area contributed by atoms with Gasteiger partial charge in [-0.25, -0.2) is 4.79 Å². The lowest BCUT2D eigenvalue weighted by atomic mass is 9.85. The molecule has 140 valence electrons. The molecule has 2 atom stereocenters. The Bertz CT molecular complexity index is 588. The van der Waals surface area contributed by atoms with Crippen LogP contribution in [0.3, 0.4) is 0 Å². The molecule has 2 unspecified atom stereocenters. The molecule has 7 heteroatoms. The molecular formula is C18H27ClN2O4. The molecule has 1 fully saturated rings. The molecule has 2 N–H and O–H groups in total. The Hall–Kier alpha value is -1.79. The third kappa shape index (κ3) is 5.90. The van der Waals surface area contributed by atoms with Crippen molar-refractivity contribution in [1.29, 1.82) is 0 Å². The maximum absolute atomic E-state index is 12.4. The minimum absolute atomic E-state index is 0. The van der Waals surface area contributed by atoms with Gasteiger partial charge in [0.05, 0.1) is 25.5 Å². The Morgan fingerprint density at radius 3 is 2.72 bits per heavy atom. The molecule has 1 aromatic carbocycles. The zero-order chi connectivity index (χ0) is 17.5. The summed E-state index contributed by atoms with van der Waals surface area (Å²) in [4.78, 5) is 24.3. The molecule has 0 aliphatic carbocycles. The topological polar surface area (TPSA) is 76.7 Å². The second kappa shape index (κ2) is 10.3. The smallest absolute Gasteiger partial charge is 0.340 e. The molecule has 1 aliphatic heterocycles. The average Bonchev–Trinajstić information content (AvgIpc) is 2.62. The number of nitrogens with one attached hydrogen (secondary N) is 2. The number of carbonyl (C=O) groups excluding carboxylic acids is 2. The summed E-state index contributed by atoms with van der Waals surface area (Å²) in [5.41, 5.74) is 0.735. The summed E-state index contributed by atoms with van der Waals surface area (Å²) in [6.45, 7) is 4.13. The van der Waals surface area contributed by atoms with Crippen LogP contribution in [0.25, 0.3) is 0 Å². The van der Waals surface area contributed by atoms with E-state index in [1.165, 1.54) is 14.2 Å². The van der Waals surface area contributed by atoms with Gasteiger partial charge in [0.2, 0.25) is 5.91 Å². The highest BCUT2D eigenvalue weighted by atomic mass is 35.5. The number of anilines is 1. The highest BCUT2D eigenvalue weighted by Crippen LogP contribution is 2.25. The number of halogens is 1. The van der Waals surface area contributed by atoms with Crippen LogP contribution in [-0.2, 0) is 9.53 Å².